The van der Waals surface area contributed by atoms with E-state index in [0.717, 1.165) is 32.4 Å². The van der Waals surface area contributed by atoms with Crippen molar-refractivity contribution < 1.29 is 9.13 Å². The quantitative estimate of drug-likeness (QED) is 0.789. The van der Waals surface area contributed by atoms with Crippen LogP contribution >= 0.6 is 0 Å². The van der Waals surface area contributed by atoms with E-state index in [1.54, 1.807) is 6.07 Å². The van der Waals surface area contributed by atoms with Crippen molar-refractivity contribution in [3.63, 3.8) is 0 Å². The molecule has 1 atom stereocenters. The van der Waals surface area contributed by atoms with Crippen LogP contribution in [0.1, 0.15) is 37.7 Å². The average Bonchev–Trinajstić information content (AvgIpc) is 2.68. The second-order valence-electron chi connectivity index (χ2n) is 5.61. The Morgan fingerprint density at radius 2 is 2.00 bits per heavy atom. The summed E-state index contributed by atoms with van der Waals surface area (Å²) < 4.78 is 19.4. The fourth-order valence-corrected chi connectivity index (χ4v) is 3.39. The normalized spacial score (nSPS) is 27.0. The standard InChI is InChI=1S/C16H19FN2O/c17-13-5-6-15-14(11-13)16(12-18,7-4-10-20-15)19-8-2-1-3-9-19/h5-6,11H,1-4,7-10H2. The number of halogens is 1. The summed E-state index contributed by atoms with van der Waals surface area (Å²) in [5.41, 5.74) is -0.0200. The lowest BCUT2D eigenvalue weighted by atomic mass is 9.83. The zero-order chi connectivity index (χ0) is 14.0. The van der Waals surface area contributed by atoms with Crippen molar-refractivity contribution in [2.45, 2.75) is 37.6 Å². The van der Waals surface area contributed by atoms with E-state index in [1.165, 1.54) is 18.6 Å². The minimum atomic E-state index is -0.728. The Kier molecular flexibility index (Phi) is 3.62. The molecule has 1 aromatic carbocycles. The van der Waals surface area contributed by atoms with E-state index in [4.69, 9.17) is 4.74 Å². The number of rotatable bonds is 1. The van der Waals surface area contributed by atoms with E-state index in [1.807, 2.05) is 0 Å². The summed E-state index contributed by atoms with van der Waals surface area (Å²) in [6.07, 6.45) is 4.95. The van der Waals surface area contributed by atoms with Crippen LogP contribution in [0.2, 0.25) is 0 Å². The lowest BCUT2D eigenvalue weighted by Gasteiger charge is -2.41. The average molecular weight is 274 g/mol. The molecule has 0 saturated carbocycles. The first kappa shape index (κ1) is 13.4. The summed E-state index contributed by atoms with van der Waals surface area (Å²) in [6.45, 7) is 2.41. The van der Waals surface area contributed by atoms with E-state index in [-0.39, 0.29) is 5.82 Å². The van der Waals surface area contributed by atoms with Gasteiger partial charge in [0, 0.05) is 5.56 Å². The molecule has 2 aliphatic heterocycles. The van der Waals surface area contributed by atoms with Crippen molar-refractivity contribution in [2.75, 3.05) is 19.7 Å². The lowest BCUT2D eigenvalue weighted by molar-refractivity contribution is 0.101. The van der Waals surface area contributed by atoms with Gasteiger partial charge < -0.3 is 4.74 Å². The smallest absolute Gasteiger partial charge is 0.138 e. The molecule has 0 spiro atoms. The molecule has 0 amide bonds. The molecule has 0 radical (unpaired) electrons. The second kappa shape index (κ2) is 5.41. The molecule has 0 bridgehead atoms. The highest BCUT2D eigenvalue weighted by atomic mass is 19.1. The Balaban J connectivity index is 2.10. The Bertz CT molecular complexity index is 534. The first-order valence-corrected chi connectivity index (χ1v) is 7.35. The van der Waals surface area contributed by atoms with Crippen LogP contribution in [0.15, 0.2) is 18.2 Å². The molecule has 1 fully saturated rings. The third-order valence-electron chi connectivity index (χ3n) is 4.41. The number of ether oxygens (including phenoxy) is 1. The van der Waals surface area contributed by atoms with Crippen LogP contribution < -0.4 is 4.74 Å². The van der Waals surface area contributed by atoms with Crippen LogP contribution in [0.3, 0.4) is 0 Å². The molecule has 0 aliphatic carbocycles. The number of hydrogen-bond donors (Lipinski definition) is 0. The largest absolute Gasteiger partial charge is 0.493 e. The Morgan fingerprint density at radius 3 is 2.75 bits per heavy atom. The number of hydrogen-bond acceptors (Lipinski definition) is 3. The molecule has 3 nitrogen and oxygen atoms in total. The summed E-state index contributed by atoms with van der Waals surface area (Å²) in [5.74, 6) is 0.363. The van der Waals surface area contributed by atoms with Crippen molar-refractivity contribution in [1.82, 2.24) is 4.90 Å². The molecule has 2 aliphatic rings. The lowest BCUT2D eigenvalue weighted by Crippen LogP contribution is -2.47. The maximum Gasteiger partial charge on any atom is 0.138 e. The highest BCUT2D eigenvalue weighted by Crippen LogP contribution is 2.42. The van der Waals surface area contributed by atoms with Crippen molar-refractivity contribution in [1.29, 1.82) is 5.26 Å². The molecule has 1 aromatic rings. The fraction of sp³-hybridized carbons (Fsp3) is 0.562. The zero-order valence-corrected chi connectivity index (χ0v) is 11.6. The molecular weight excluding hydrogens is 255 g/mol. The number of fused-ring (bicyclic) bond motifs is 1. The van der Waals surface area contributed by atoms with Crippen LogP contribution in [0.25, 0.3) is 0 Å². The van der Waals surface area contributed by atoms with Gasteiger partial charge in [-0.1, -0.05) is 6.42 Å². The summed E-state index contributed by atoms with van der Waals surface area (Å²) >= 11 is 0. The van der Waals surface area contributed by atoms with Crippen molar-refractivity contribution in [3.05, 3.63) is 29.6 Å². The van der Waals surface area contributed by atoms with Crippen molar-refractivity contribution >= 4 is 0 Å². The van der Waals surface area contributed by atoms with Gasteiger partial charge >= 0.3 is 0 Å². The van der Waals surface area contributed by atoms with Gasteiger partial charge in [0.15, 0.2) is 0 Å². The number of benzene rings is 1. The van der Waals surface area contributed by atoms with Crippen molar-refractivity contribution in [3.8, 4) is 11.8 Å². The fourth-order valence-electron chi connectivity index (χ4n) is 3.39. The van der Waals surface area contributed by atoms with Crippen LogP contribution in [0.5, 0.6) is 5.75 Å². The van der Waals surface area contributed by atoms with E-state index >= 15 is 0 Å². The molecule has 106 valence electrons. The number of likely N-dealkylation sites (tertiary alicyclic amines) is 1. The molecule has 4 heteroatoms. The maximum atomic E-state index is 13.7. The third kappa shape index (κ3) is 2.16. The highest BCUT2D eigenvalue weighted by molar-refractivity contribution is 5.44. The van der Waals surface area contributed by atoms with Gasteiger partial charge in [-0.05, 0) is 57.0 Å². The Hall–Kier alpha value is -1.60. The number of piperidine rings is 1. The van der Waals surface area contributed by atoms with Gasteiger partial charge in [0.05, 0.1) is 12.7 Å². The number of nitrogens with zero attached hydrogens (tertiary/aromatic N) is 2. The SMILES string of the molecule is N#CC1(N2CCCCC2)CCCOc2ccc(F)cc21. The predicted molar refractivity (Wildman–Crippen MR) is 73.8 cm³/mol. The van der Waals surface area contributed by atoms with Gasteiger partial charge in [-0.3, -0.25) is 4.90 Å². The molecule has 0 N–H and O–H groups in total. The molecule has 3 rings (SSSR count). The van der Waals surface area contributed by atoms with Gasteiger partial charge in [0.25, 0.3) is 0 Å². The van der Waals surface area contributed by atoms with Crippen LogP contribution in [-0.2, 0) is 5.54 Å². The molecule has 2 heterocycles. The second-order valence-corrected chi connectivity index (χ2v) is 5.61. The molecule has 1 saturated heterocycles. The Morgan fingerprint density at radius 1 is 1.20 bits per heavy atom. The van der Waals surface area contributed by atoms with Crippen LogP contribution in [-0.4, -0.2) is 24.6 Å². The summed E-state index contributed by atoms with van der Waals surface area (Å²) in [5, 5.41) is 9.89. The minimum absolute atomic E-state index is 0.300. The van der Waals surface area contributed by atoms with E-state index in [2.05, 4.69) is 11.0 Å². The topological polar surface area (TPSA) is 36.3 Å². The van der Waals surface area contributed by atoms with Gasteiger partial charge in [-0.2, -0.15) is 5.26 Å². The van der Waals surface area contributed by atoms with Gasteiger partial charge in [-0.25, -0.2) is 4.39 Å². The van der Waals surface area contributed by atoms with E-state index < -0.39 is 5.54 Å². The first-order chi connectivity index (χ1) is 9.76. The van der Waals surface area contributed by atoms with Crippen molar-refractivity contribution in [2.24, 2.45) is 0 Å². The Labute approximate surface area is 119 Å². The monoisotopic (exact) mass is 274 g/mol. The van der Waals surface area contributed by atoms with Gasteiger partial charge in [0.1, 0.15) is 17.1 Å². The number of nitriles is 1. The third-order valence-corrected chi connectivity index (χ3v) is 4.41. The van der Waals surface area contributed by atoms with E-state index in [0.29, 0.717) is 24.3 Å². The minimum Gasteiger partial charge on any atom is -0.493 e. The van der Waals surface area contributed by atoms with Crippen LogP contribution in [0.4, 0.5) is 4.39 Å². The molecule has 0 aromatic heterocycles. The molecule has 20 heavy (non-hydrogen) atoms. The zero-order valence-electron chi connectivity index (χ0n) is 11.6. The molecule has 1 unspecified atom stereocenters. The predicted octanol–water partition coefficient (Wildman–Crippen LogP) is 3.20. The van der Waals surface area contributed by atoms with Crippen LogP contribution in [0, 0.1) is 17.1 Å². The summed E-state index contributed by atoms with van der Waals surface area (Å²) in [4.78, 5) is 2.23. The van der Waals surface area contributed by atoms with Gasteiger partial charge in [0.2, 0.25) is 0 Å². The first-order valence-electron chi connectivity index (χ1n) is 7.35. The van der Waals surface area contributed by atoms with E-state index in [9.17, 15) is 9.65 Å². The molecular formula is C16H19FN2O. The maximum absolute atomic E-state index is 13.7. The highest BCUT2D eigenvalue weighted by Gasteiger charge is 2.42. The summed E-state index contributed by atoms with van der Waals surface area (Å²) in [6, 6.07) is 7.04. The summed E-state index contributed by atoms with van der Waals surface area (Å²) in [7, 11) is 0. The van der Waals surface area contributed by atoms with Gasteiger partial charge in [-0.15, -0.1) is 0 Å².